The number of nitrogens with zero attached hydrogens (tertiary/aromatic N) is 2. The Morgan fingerprint density at radius 1 is 1.53 bits per heavy atom. The molecule has 0 fully saturated rings. The highest BCUT2D eigenvalue weighted by atomic mass is 16.6. The lowest BCUT2D eigenvalue weighted by atomic mass is 10.1. The third-order valence-electron chi connectivity index (χ3n) is 2.54. The molecule has 7 nitrogen and oxygen atoms in total. The van der Waals surface area contributed by atoms with Gasteiger partial charge in [0.1, 0.15) is 6.07 Å². The molecule has 1 N–H and O–H groups in total. The zero-order valence-corrected chi connectivity index (χ0v) is 10.8. The van der Waals surface area contributed by atoms with Gasteiger partial charge < -0.3 is 14.8 Å². The van der Waals surface area contributed by atoms with E-state index in [0.717, 1.165) is 0 Å². The molecule has 7 heteroatoms. The number of nitro groups is 1. The van der Waals surface area contributed by atoms with Gasteiger partial charge in [-0.1, -0.05) is 0 Å². The summed E-state index contributed by atoms with van der Waals surface area (Å²) in [5, 5.41) is 22.6. The number of hydrogen-bond acceptors (Lipinski definition) is 6. The first-order valence-electron chi connectivity index (χ1n) is 5.56. The number of nitriles is 1. The number of nitro benzene ring substituents is 1. The SMILES string of the molecule is COCC(CNc1ccc([N+](=O)[O-])cc1C#N)OC. The predicted molar refractivity (Wildman–Crippen MR) is 69.0 cm³/mol. The van der Waals surface area contributed by atoms with Crippen LogP contribution in [-0.2, 0) is 9.47 Å². The van der Waals surface area contributed by atoms with Crippen molar-refractivity contribution in [2.75, 3.05) is 32.7 Å². The van der Waals surface area contributed by atoms with E-state index in [0.29, 0.717) is 18.8 Å². The van der Waals surface area contributed by atoms with Crippen LogP contribution in [0.4, 0.5) is 11.4 Å². The Bertz CT molecular complexity index is 484. The largest absolute Gasteiger partial charge is 0.382 e. The van der Waals surface area contributed by atoms with E-state index >= 15 is 0 Å². The van der Waals surface area contributed by atoms with Crippen molar-refractivity contribution in [1.82, 2.24) is 0 Å². The van der Waals surface area contributed by atoms with E-state index in [1.807, 2.05) is 6.07 Å². The third-order valence-corrected chi connectivity index (χ3v) is 2.54. The molecule has 0 radical (unpaired) electrons. The molecular weight excluding hydrogens is 250 g/mol. The molecule has 0 aromatic heterocycles. The van der Waals surface area contributed by atoms with Crippen LogP contribution in [0.3, 0.4) is 0 Å². The average Bonchev–Trinajstić information content (AvgIpc) is 2.43. The van der Waals surface area contributed by atoms with E-state index in [2.05, 4.69) is 5.32 Å². The van der Waals surface area contributed by atoms with E-state index in [1.165, 1.54) is 18.2 Å². The number of nitrogens with one attached hydrogen (secondary N) is 1. The van der Waals surface area contributed by atoms with Gasteiger partial charge in [-0.15, -0.1) is 0 Å². The molecule has 0 aliphatic carbocycles. The molecule has 1 unspecified atom stereocenters. The van der Waals surface area contributed by atoms with Crippen molar-refractivity contribution in [3.05, 3.63) is 33.9 Å². The lowest BCUT2D eigenvalue weighted by molar-refractivity contribution is -0.384. The Kier molecular flexibility index (Phi) is 5.73. The van der Waals surface area contributed by atoms with Gasteiger partial charge >= 0.3 is 0 Å². The Balaban J connectivity index is 2.78. The normalized spacial score (nSPS) is 11.6. The molecule has 0 aliphatic heterocycles. The molecule has 0 bridgehead atoms. The summed E-state index contributed by atoms with van der Waals surface area (Å²) in [6.07, 6.45) is -0.160. The average molecular weight is 265 g/mol. The third kappa shape index (κ3) is 4.21. The quantitative estimate of drug-likeness (QED) is 0.593. The van der Waals surface area contributed by atoms with Gasteiger partial charge in [-0.05, 0) is 6.07 Å². The first-order valence-corrected chi connectivity index (χ1v) is 5.56. The van der Waals surface area contributed by atoms with Crippen LogP contribution >= 0.6 is 0 Å². The highest BCUT2D eigenvalue weighted by Gasteiger charge is 2.12. The van der Waals surface area contributed by atoms with Crippen LogP contribution in [0.1, 0.15) is 5.56 Å². The number of rotatable bonds is 7. The highest BCUT2D eigenvalue weighted by Crippen LogP contribution is 2.21. The molecule has 102 valence electrons. The summed E-state index contributed by atoms with van der Waals surface area (Å²) in [6, 6.07) is 6.02. The minimum atomic E-state index is -0.534. The Hall–Kier alpha value is -2.17. The monoisotopic (exact) mass is 265 g/mol. The maximum Gasteiger partial charge on any atom is 0.270 e. The van der Waals surface area contributed by atoms with Crippen molar-refractivity contribution in [1.29, 1.82) is 5.26 Å². The summed E-state index contributed by atoms with van der Waals surface area (Å²) >= 11 is 0. The lowest BCUT2D eigenvalue weighted by Gasteiger charge is -2.16. The smallest absolute Gasteiger partial charge is 0.270 e. The van der Waals surface area contributed by atoms with Crippen LogP contribution in [0.25, 0.3) is 0 Å². The van der Waals surface area contributed by atoms with Gasteiger partial charge in [-0.25, -0.2) is 0 Å². The standard InChI is InChI=1S/C12H15N3O4/c1-18-8-11(19-2)7-14-12-4-3-10(15(16)17)5-9(12)6-13/h3-5,11,14H,7-8H2,1-2H3. The van der Waals surface area contributed by atoms with Crippen molar-refractivity contribution in [3.8, 4) is 6.07 Å². The summed E-state index contributed by atoms with van der Waals surface area (Å²) in [4.78, 5) is 10.1. The number of methoxy groups -OCH3 is 2. The summed E-state index contributed by atoms with van der Waals surface area (Å²) in [6.45, 7) is 0.856. The summed E-state index contributed by atoms with van der Waals surface area (Å²) in [5.74, 6) is 0. The molecule has 0 saturated carbocycles. The Morgan fingerprint density at radius 2 is 2.26 bits per heavy atom. The molecular formula is C12H15N3O4. The molecule has 0 aliphatic rings. The molecule has 0 spiro atoms. The number of hydrogen-bond donors (Lipinski definition) is 1. The molecule has 19 heavy (non-hydrogen) atoms. The van der Waals surface area contributed by atoms with E-state index in [4.69, 9.17) is 14.7 Å². The van der Waals surface area contributed by atoms with Crippen molar-refractivity contribution >= 4 is 11.4 Å². The topological polar surface area (TPSA) is 97.4 Å². The van der Waals surface area contributed by atoms with Crippen LogP contribution in [-0.4, -0.2) is 38.4 Å². The van der Waals surface area contributed by atoms with Crippen LogP contribution < -0.4 is 5.32 Å². The molecule has 1 atom stereocenters. The summed E-state index contributed by atoms with van der Waals surface area (Å²) < 4.78 is 10.1. The first kappa shape index (κ1) is 14.9. The van der Waals surface area contributed by atoms with Crippen molar-refractivity contribution in [2.24, 2.45) is 0 Å². The van der Waals surface area contributed by atoms with Crippen LogP contribution in [0.15, 0.2) is 18.2 Å². The van der Waals surface area contributed by atoms with E-state index < -0.39 is 4.92 Å². The first-order chi connectivity index (χ1) is 9.12. The fraction of sp³-hybridized carbons (Fsp3) is 0.417. The summed E-state index contributed by atoms with van der Waals surface area (Å²) in [7, 11) is 3.13. The van der Waals surface area contributed by atoms with Crippen LogP contribution in [0, 0.1) is 21.4 Å². The van der Waals surface area contributed by atoms with Crippen molar-refractivity contribution in [3.63, 3.8) is 0 Å². The van der Waals surface area contributed by atoms with Crippen LogP contribution in [0.2, 0.25) is 0 Å². The second-order valence-electron chi connectivity index (χ2n) is 3.79. The molecule has 0 amide bonds. The zero-order chi connectivity index (χ0) is 14.3. The Morgan fingerprint density at radius 3 is 2.79 bits per heavy atom. The number of benzene rings is 1. The number of ether oxygens (including phenoxy) is 2. The van der Waals surface area contributed by atoms with Gasteiger partial charge in [-0.2, -0.15) is 5.26 Å². The van der Waals surface area contributed by atoms with Gasteiger partial charge in [-0.3, -0.25) is 10.1 Å². The maximum atomic E-state index is 10.6. The number of anilines is 1. The van der Waals surface area contributed by atoms with E-state index in [-0.39, 0.29) is 17.4 Å². The minimum absolute atomic E-state index is 0.109. The highest BCUT2D eigenvalue weighted by molar-refractivity contribution is 5.61. The maximum absolute atomic E-state index is 10.6. The predicted octanol–water partition coefficient (Wildman–Crippen LogP) is 1.54. The van der Waals surface area contributed by atoms with Gasteiger partial charge in [0.2, 0.25) is 0 Å². The second-order valence-corrected chi connectivity index (χ2v) is 3.79. The Labute approximate surface area is 110 Å². The number of non-ortho nitro benzene ring substituents is 1. The summed E-state index contributed by atoms with van der Waals surface area (Å²) in [5.41, 5.74) is 0.648. The van der Waals surface area contributed by atoms with Crippen molar-refractivity contribution in [2.45, 2.75) is 6.10 Å². The fourth-order valence-corrected chi connectivity index (χ4v) is 1.51. The molecule has 1 aromatic rings. The molecule has 0 saturated heterocycles. The van der Waals surface area contributed by atoms with Gasteiger partial charge in [0.25, 0.3) is 5.69 Å². The van der Waals surface area contributed by atoms with E-state index in [1.54, 1.807) is 14.2 Å². The van der Waals surface area contributed by atoms with Gasteiger partial charge in [0.05, 0.1) is 28.9 Å². The van der Waals surface area contributed by atoms with Gasteiger partial charge in [0.15, 0.2) is 0 Å². The fourth-order valence-electron chi connectivity index (χ4n) is 1.51. The molecule has 0 heterocycles. The molecule has 1 rings (SSSR count). The lowest BCUT2D eigenvalue weighted by Crippen LogP contribution is -2.26. The van der Waals surface area contributed by atoms with Crippen molar-refractivity contribution < 1.29 is 14.4 Å². The minimum Gasteiger partial charge on any atom is -0.382 e. The van der Waals surface area contributed by atoms with Gasteiger partial charge in [0, 0.05) is 32.9 Å². The van der Waals surface area contributed by atoms with Crippen LogP contribution in [0.5, 0.6) is 0 Å². The van der Waals surface area contributed by atoms with E-state index in [9.17, 15) is 10.1 Å². The molecule has 1 aromatic carbocycles. The zero-order valence-electron chi connectivity index (χ0n) is 10.8. The second kappa shape index (κ2) is 7.31.